The second-order valence-electron chi connectivity index (χ2n) is 9.06. The molecule has 158 valence electrons. The summed E-state index contributed by atoms with van der Waals surface area (Å²) in [5, 5.41) is 11.5. The van der Waals surface area contributed by atoms with Crippen LogP contribution in [-0.2, 0) is 24.2 Å². The van der Waals surface area contributed by atoms with Crippen LogP contribution >= 0.6 is 0 Å². The van der Waals surface area contributed by atoms with E-state index in [1.807, 2.05) is 27.7 Å². The Morgan fingerprint density at radius 2 is 2.00 bits per heavy atom. The first-order valence-electron chi connectivity index (χ1n) is 11.0. The third-order valence-electron chi connectivity index (χ3n) is 6.87. The van der Waals surface area contributed by atoms with Gasteiger partial charge in [0.2, 0.25) is 11.7 Å². The van der Waals surface area contributed by atoms with E-state index in [0.717, 1.165) is 63.4 Å². The largest absolute Gasteiger partial charge is 0.349 e. The number of carbonyl (C=O) groups excluding carboxylic acids is 2. The first kappa shape index (κ1) is 19.2. The van der Waals surface area contributed by atoms with Crippen molar-refractivity contribution in [2.75, 3.05) is 19.6 Å². The molecule has 2 fully saturated rings. The second kappa shape index (κ2) is 7.81. The number of nitrogens with one attached hydrogen (secondary N) is 1. The monoisotopic (exact) mass is 408 g/mol. The summed E-state index contributed by atoms with van der Waals surface area (Å²) in [6.45, 7) is 3.04. The molecule has 0 radical (unpaired) electrons. The Morgan fingerprint density at radius 3 is 2.80 bits per heavy atom. The Bertz CT molecular complexity index is 938. The minimum Gasteiger partial charge on any atom is -0.349 e. The molecule has 1 saturated carbocycles. The highest BCUT2D eigenvalue weighted by atomic mass is 16.2. The van der Waals surface area contributed by atoms with Gasteiger partial charge in [0.25, 0.3) is 5.91 Å². The van der Waals surface area contributed by atoms with Gasteiger partial charge in [-0.05, 0) is 55.6 Å². The highest BCUT2D eigenvalue weighted by Crippen LogP contribution is 2.41. The number of rotatable bonds is 5. The van der Waals surface area contributed by atoms with E-state index in [2.05, 4.69) is 20.5 Å². The van der Waals surface area contributed by atoms with E-state index in [1.165, 1.54) is 12.8 Å². The van der Waals surface area contributed by atoms with E-state index < -0.39 is 0 Å². The lowest BCUT2D eigenvalue weighted by Gasteiger charge is -2.27. The maximum Gasteiger partial charge on any atom is 0.289 e. The third-order valence-corrected chi connectivity index (χ3v) is 6.87. The lowest BCUT2D eigenvalue weighted by Crippen LogP contribution is -2.34. The topological polar surface area (TPSA) is 93.0 Å². The van der Waals surface area contributed by atoms with Crippen molar-refractivity contribution in [3.8, 4) is 0 Å². The lowest BCUT2D eigenvalue weighted by atomic mass is 9.80. The van der Waals surface area contributed by atoms with E-state index in [4.69, 9.17) is 0 Å². The molecule has 2 amide bonds. The number of hydrogen-bond donors (Lipinski definition) is 1. The molecule has 8 heteroatoms. The van der Waals surface area contributed by atoms with Crippen LogP contribution in [0.5, 0.6) is 0 Å². The number of aromatic nitrogens is 4. The van der Waals surface area contributed by atoms with Gasteiger partial charge in [-0.1, -0.05) is 6.07 Å². The molecule has 1 aliphatic carbocycles. The van der Waals surface area contributed by atoms with Gasteiger partial charge in [-0.2, -0.15) is 0 Å². The molecule has 0 bridgehead atoms. The van der Waals surface area contributed by atoms with E-state index >= 15 is 0 Å². The van der Waals surface area contributed by atoms with Crippen molar-refractivity contribution in [2.24, 2.45) is 11.3 Å². The first-order chi connectivity index (χ1) is 14.6. The van der Waals surface area contributed by atoms with E-state index in [0.29, 0.717) is 18.2 Å². The Labute approximate surface area is 176 Å². The van der Waals surface area contributed by atoms with Crippen LogP contribution in [0.1, 0.15) is 54.2 Å². The Hall–Kier alpha value is -2.77. The van der Waals surface area contributed by atoms with Crippen molar-refractivity contribution in [3.63, 3.8) is 0 Å². The standard InChI is InChI=1S/C22H28N6O2/c29-19(13-17-3-1-2-10-23-17)27-11-8-22(15-27)7-6-18-25-26-20(28(18)12-9-22)21(30)24-14-16-4-5-16/h1-3,10,16H,4-9,11-15H2,(H,24,30)/t22-/m0/s1. The number of fused-ring (bicyclic) bond motifs is 1. The number of likely N-dealkylation sites (tertiary alicyclic amines) is 1. The van der Waals surface area contributed by atoms with Gasteiger partial charge in [-0.3, -0.25) is 14.6 Å². The molecule has 1 saturated heterocycles. The van der Waals surface area contributed by atoms with Crippen LogP contribution in [0, 0.1) is 11.3 Å². The highest BCUT2D eigenvalue weighted by Gasteiger charge is 2.41. The summed E-state index contributed by atoms with van der Waals surface area (Å²) in [6.07, 6.45) is 8.21. The molecule has 1 N–H and O–H groups in total. The van der Waals surface area contributed by atoms with Gasteiger partial charge in [0.05, 0.1) is 6.42 Å². The van der Waals surface area contributed by atoms with Crippen LogP contribution in [0.15, 0.2) is 24.4 Å². The molecule has 2 aliphatic heterocycles. The predicted molar refractivity (Wildman–Crippen MR) is 110 cm³/mol. The zero-order valence-electron chi connectivity index (χ0n) is 17.2. The number of amides is 2. The fourth-order valence-corrected chi connectivity index (χ4v) is 4.74. The van der Waals surface area contributed by atoms with Crippen LogP contribution < -0.4 is 5.32 Å². The predicted octanol–water partition coefficient (Wildman–Crippen LogP) is 1.61. The SMILES string of the molecule is O=C(NCC1CC1)c1nnc2n1CC[C@]1(CC2)CCN(C(=O)Cc2ccccn2)C1. The molecule has 1 spiro atoms. The summed E-state index contributed by atoms with van der Waals surface area (Å²) in [7, 11) is 0. The molecule has 3 aliphatic rings. The van der Waals surface area contributed by atoms with Crippen molar-refractivity contribution in [1.29, 1.82) is 0 Å². The summed E-state index contributed by atoms with van der Waals surface area (Å²) in [4.78, 5) is 31.6. The summed E-state index contributed by atoms with van der Waals surface area (Å²) in [5.41, 5.74) is 0.916. The van der Waals surface area contributed by atoms with Crippen LogP contribution in [0.4, 0.5) is 0 Å². The van der Waals surface area contributed by atoms with E-state index in [9.17, 15) is 9.59 Å². The zero-order valence-corrected chi connectivity index (χ0v) is 17.2. The maximum atomic E-state index is 12.8. The highest BCUT2D eigenvalue weighted by molar-refractivity contribution is 5.90. The summed E-state index contributed by atoms with van der Waals surface area (Å²) >= 11 is 0. The van der Waals surface area contributed by atoms with Crippen molar-refractivity contribution in [1.82, 2.24) is 30.0 Å². The van der Waals surface area contributed by atoms with E-state index in [-0.39, 0.29) is 17.2 Å². The number of nitrogens with zero attached hydrogens (tertiary/aromatic N) is 5. The summed E-state index contributed by atoms with van der Waals surface area (Å²) < 4.78 is 2.00. The Balaban J connectivity index is 1.22. The molecular formula is C22H28N6O2. The number of pyridine rings is 1. The smallest absolute Gasteiger partial charge is 0.289 e. The van der Waals surface area contributed by atoms with Crippen LogP contribution in [0.2, 0.25) is 0 Å². The molecule has 8 nitrogen and oxygen atoms in total. The third kappa shape index (κ3) is 3.95. The van der Waals surface area contributed by atoms with Crippen molar-refractivity contribution in [2.45, 2.75) is 51.5 Å². The zero-order chi connectivity index (χ0) is 20.6. The van der Waals surface area contributed by atoms with Gasteiger partial charge in [-0.15, -0.1) is 10.2 Å². The number of hydrogen-bond acceptors (Lipinski definition) is 5. The normalized spacial score (nSPS) is 23.3. The minimum absolute atomic E-state index is 0.0994. The first-order valence-corrected chi connectivity index (χ1v) is 11.0. The lowest BCUT2D eigenvalue weighted by molar-refractivity contribution is -0.129. The van der Waals surface area contributed by atoms with Gasteiger partial charge in [0.1, 0.15) is 5.82 Å². The van der Waals surface area contributed by atoms with Gasteiger partial charge < -0.3 is 14.8 Å². The average Bonchev–Trinajstić information content (AvgIpc) is 3.40. The van der Waals surface area contributed by atoms with Crippen LogP contribution in [0.3, 0.4) is 0 Å². The fourth-order valence-electron chi connectivity index (χ4n) is 4.74. The van der Waals surface area contributed by atoms with Gasteiger partial charge in [0.15, 0.2) is 0 Å². The quantitative estimate of drug-likeness (QED) is 0.811. The maximum absolute atomic E-state index is 12.8. The molecule has 4 heterocycles. The fraction of sp³-hybridized carbons (Fsp3) is 0.591. The summed E-state index contributed by atoms with van der Waals surface area (Å²) in [5.74, 6) is 1.99. The van der Waals surface area contributed by atoms with Crippen molar-refractivity contribution in [3.05, 3.63) is 41.7 Å². The molecule has 0 aromatic carbocycles. The molecule has 0 unspecified atom stereocenters. The number of aryl methyl sites for hydroxylation is 1. The Morgan fingerprint density at radius 1 is 1.13 bits per heavy atom. The van der Waals surface area contributed by atoms with Gasteiger partial charge in [-0.25, -0.2) is 0 Å². The van der Waals surface area contributed by atoms with Gasteiger partial charge in [0, 0.05) is 44.5 Å². The molecule has 2 aromatic rings. The average molecular weight is 409 g/mol. The molecular weight excluding hydrogens is 380 g/mol. The van der Waals surface area contributed by atoms with Crippen molar-refractivity contribution < 1.29 is 9.59 Å². The minimum atomic E-state index is -0.116. The molecule has 1 atom stereocenters. The van der Waals surface area contributed by atoms with Crippen LogP contribution in [0.25, 0.3) is 0 Å². The second-order valence-corrected chi connectivity index (χ2v) is 9.06. The molecule has 30 heavy (non-hydrogen) atoms. The van der Waals surface area contributed by atoms with Crippen molar-refractivity contribution >= 4 is 11.8 Å². The van der Waals surface area contributed by atoms with Crippen LogP contribution in [-0.4, -0.2) is 56.1 Å². The molecule has 5 rings (SSSR count). The van der Waals surface area contributed by atoms with E-state index in [1.54, 1.807) is 6.20 Å². The van der Waals surface area contributed by atoms with Gasteiger partial charge >= 0.3 is 0 Å². The molecule has 2 aromatic heterocycles. The Kier molecular flexibility index (Phi) is 5.00. The summed E-state index contributed by atoms with van der Waals surface area (Å²) in [6, 6.07) is 5.68. The number of carbonyl (C=O) groups is 2.